The minimum absolute atomic E-state index is 0.0314. The van der Waals surface area contributed by atoms with Crippen molar-refractivity contribution in [2.75, 3.05) is 50.8 Å². The Morgan fingerprint density at radius 3 is 2.63 bits per heavy atom. The van der Waals surface area contributed by atoms with Crippen LogP contribution in [0.3, 0.4) is 0 Å². The van der Waals surface area contributed by atoms with E-state index in [4.69, 9.17) is 16.3 Å². The highest BCUT2D eigenvalue weighted by molar-refractivity contribution is 6.30. The molecule has 0 aliphatic carbocycles. The predicted octanol–water partition coefficient (Wildman–Crippen LogP) is 2.41. The number of esters is 1. The van der Waals surface area contributed by atoms with Crippen molar-refractivity contribution in [2.24, 2.45) is 0 Å². The molecule has 1 amide bonds. The fourth-order valence-electron chi connectivity index (χ4n) is 3.83. The first-order valence-corrected chi connectivity index (χ1v) is 10.1. The van der Waals surface area contributed by atoms with E-state index in [1.54, 1.807) is 11.8 Å². The van der Waals surface area contributed by atoms with Gasteiger partial charge in [0.05, 0.1) is 13.2 Å². The highest BCUT2D eigenvalue weighted by Gasteiger charge is 2.34. The lowest BCUT2D eigenvalue weighted by molar-refractivity contribution is -0.157. The SMILES string of the molecule is CCOC(=O)C1CCCCN1C(=O)CN1CCN(c2cccc(Cl)c2)CC1. The third kappa shape index (κ3) is 5.14. The molecule has 2 aliphatic heterocycles. The van der Waals surface area contributed by atoms with E-state index in [9.17, 15) is 9.59 Å². The third-order valence-corrected chi connectivity index (χ3v) is 5.52. The molecule has 148 valence electrons. The molecule has 0 N–H and O–H groups in total. The molecular formula is C20H28ClN3O3. The molecule has 0 spiro atoms. The summed E-state index contributed by atoms with van der Waals surface area (Å²) in [5.41, 5.74) is 1.12. The van der Waals surface area contributed by atoms with E-state index in [-0.39, 0.29) is 11.9 Å². The Morgan fingerprint density at radius 2 is 1.93 bits per heavy atom. The third-order valence-electron chi connectivity index (χ3n) is 5.29. The number of hydrogen-bond donors (Lipinski definition) is 0. The Kier molecular flexibility index (Phi) is 6.96. The highest BCUT2D eigenvalue weighted by Crippen LogP contribution is 2.22. The van der Waals surface area contributed by atoms with Gasteiger partial charge in [-0.15, -0.1) is 0 Å². The van der Waals surface area contributed by atoms with Gasteiger partial charge in [0.2, 0.25) is 5.91 Å². The van der Waals surface area contributed by atoms with Crippen LogP contribution in [-0.4, -0.2) is 73.6 Å². The van der Waals surface area contributed by atoms with Gasteiger partial charge in [0.1, 0.15) is 6.04 Å². The number of piperidine rings is 1. The number of benzene rings is 1. The van der Waals surface area contributed by atoms with Crippen molar-refractivity contribution >= 4 is 29.2 Å². The standard InChI is InChI=1S/C20H28ClN3O3/c1-2-27-20(26)18-8-3-4-9-24(18)19(25)15-22-10-12-23(13-11-22)17-7-5-6-16(21)14-17/h5-7,14,18H,2-4,8-13,15H2,1H3. The molecule has 0 bridgehead atoms. The molecule has 0 aromatic heterocycles. The summed E-state index contributed by atoms with van der Waals surface area (Å²) in [7, 11) is 0. The van der Waals surface area contributed by atoms with Gasteiger partial charge in [-0.3, -0.25) is 9.69 Å². The summed E-state index contributed by atoms with van der Waals surface area (Å²) >= 11 is 6.08. The monoisotopic (exact) mass is 393 g/mol. The summed E-state index contributed by atoms with van der Waals surface area (Å²) in [6, 6.07) is 7.45. The van der Waals surface area contributed by atoms with E-state index >= 15 is 0 Å². The van der Waals surface area contributed by atoms with Gasteiger partial charge in [-0.2, -0.15) is 0 Å². The van der Waals surface area contributed by atoms with Crippen LogP contribution in [0.4, 0.5) is 5.69 Å². The number of hydrogen-bond acceptors (Lipinski definition) is 5. The Balaban J connectivity index is 1.53. The topological polar surface area (TPSA) is 53.1 Å². The molecule has 2 saturated heterocycles. The lowest BCUT2D eigenvalue weighted by atomic mass is 10.0. The van der Waals surface area contributed by atoms with E-state index in [0.29, 0.717) is 26.1 Å². The van der Waals surface area contributed by atoms with E-state index in [0.717, 1.165) is 49.7 Å². The molecule has 0 radical (unpaired) electrons. The first kappa shape index (κ1) is 20.0. The zero-order valence-corrected chi connectivity index (χ0v) is 16.7. The maximum Gasteiger partial charge on any atom is 0.328 e. The van der Waals surface area contributed by atoms with Gasteiger partial charge in [-0.25, -0.2) is 4.79 Å². The van der Waals surface area contributed by atoms with Gasteiger partial charge in [-0.1, -0.05) is 17.7 Å². The molecule has 1 atom stereocenters. The van der Waals surface area contributed by atoms with Crippen molar-refractivity contribution < 1.29 is 14.3 Å². The number of halogens is 1. The van der Waals surface area contributed by atoms with Crippen LogP contribution >= 0.6 is 11.6 Å². The fraction of sp³-hybridized carbons (Fsp3) is 0.600. The van der Waals surface area contributed by atoms with Gasteiger partial charge in [0.25, 0.3) is 0 Å². The Labute approximate surface area is 166 Å². The van der Waals surface area contributed by atoms with Crippen LogP contribution in [0.15, 0.2) is 24.3 Å². The second-order valence-corrected chi connectivity index (χ2v) is 7.53. The molecule has 27 heavy (non-hydrogen) atoms. The van der Waals surface area contributed by atoms with Gasteiger partial charge in [0.15, 0.2) is 0 Å². The maximum atomic E-state index is 12.8. The lowest BCUT2D eigenvalue weighted by Crippen LogP contribution is -2.54. The molecule has 3 rings (SSSR count). The number of nitrogens with zero attached hydrogens (tertiary/aromatic N) is 3. The van der Waals surface area contributed by atoms with Gasteiger partial charge in [-0.05, 0) is 44.4 Å². The highest BCUT2D eigenvalue weighted by atomic mass is 35.5. The van der Waals surface area contributed by atoms with Crippen molar-refractivity contribution in [3.8, 4) is 0 Å². The second kappa shape index (κ2) is 9.42. The number of rotatable bonds is 5. The fourth-order valence-corrected chi connectivity index (χ4v) is 4.02. The number of amides is 1. The van der Waals surface area contributed by atoms with Crippen LogP contribution < -0.4 is 4.90 Å². The quantitative estimate of drug-likeness (QED) is 0.719. The van der Waals surface area contributed by atoms with Crippen molar-refractivity contribution in [1.29, 1.82) is 0 Å². The van der Waals surface area contributed by atoms with Crippen molar-refractivity contribution in [3.63, 3.8) is 0 Å². The van der Waals surface area contributed by atoms with Gasteiger partial charge < -0.3 is 14.5 Å². The number of carbonyl (C=O) groups excluding carboxylic acids is 2. The van der Waals surface area contributed by atoms with Crippen LogP contribution in [0.5, 0.6) is 0 Å². The second-order valence-electron chi connectivity index (χ2n) is 7.09. The maximum absolute atomic E-state index is 12.8. The van der Waals surface area contributed by atoms with E-state index in [2.05, 4.69) is 15.9 Å². The van der Waals surface area contributed by atoms with Crippen LogP contribution in [0, 0.1) is 0 Å². The molecule has 2 fully saturated rings. The Hall–Kier alpha value is -1.79. The molecule has 1 aromatic rings. The molecular weight excluding hydrogens is 366 g/mol. The van der Waals surface area contributed by atoms with Crippen molar-refractivity contribution in [3.05, 3.63) is 29.3 Å². The van der Waals surface area contributed by atoms with Crippen molar-refractivity contribution in [1.82, 2.24) is 9.80 Å². The first-order valence-electron chi connectivity index (χ1n) is 9.77. The summed E-state index contributed by atoms with van der Waals surface area (Å²) in [5.74, 6) is -0.236. The minimum atomic E-state index is -0.418. The van der Waals surface area contributed by atoms with Crippen molar-refractivity contribution in [2.45, 2.75) is 32.2 Å². The van der Waals surface area contributed by atoms with Crippen LogP contribution in [0.25, 0.3) is 0 Å². The number of anilines is 1. The van der Waals surface area contributed by atoms with Crippen LogP contribution in [-0.2, 0) is 14.3 Å². The van der Waals surface area contributed by atoms with E-state index in [1.807, 2.05) is 18.2 Å². The number of likely N-dealkylation sites (tertiary alicyclic amines) is 1. The summed E-state index contributed by atoms with van der Waals surface area (Å²) < 4.78 is 5.16. The minimum Gasteiger partial charge on any atom is -0.464 e. The first-order chi connectivity index (χ1) is 13.1. The average Bonchev–Trinajstić information content (AvgIpc) is 2.69. The Morgan fingerprint density at radius 1 is 1.15 bits per heavy atom. The van der Waals surface area contributed by atoms with Gasteiger partial charge >= 0.3 is 5.97 Å². The van der Waals surface area contributed by atoms with Gasteiger partial charge in [0, 0.05) is 43.4 Å². The average molecular weight is 394 g/mol. The van der Waals surface area contributed by atoms with Crippen LogP contribution in [0.2, 0.25) is 5.02 Å². The molecule has 7 heteroatoms. The molecule has 2 heterocycles. The number of ether oxygens (including phenoxy) is 1. The summed E-state index contributed by atoms with van der Waals surface area (Å²) in [6.45, 7) is 6.50. The molecule has 1 aromatic carbocycles. The normalized spacial score (nSPS) is 21.2. The summed E-state index contributed by atoms with van der Waals surface area (Å²) in [6.07, 6.45) is 2.61. The zero-order chi connectivity index (χ0) is 19.2. The van der Waals surface area contributed by atoms with E-state index < -0.39 is 6.04 Å². The summed E-state index contributed by atoms with van der Waals surface area (Å²) in [4.78, 5) is 31.2. The predicted molar refractivity (Wildman–Crippen MR) is 106 cm³/mol. The van der Waals surface area contributed by atoms with Crippen LogP contribution in [0.1, 0.15) is 26.2 Å². The molecule has 6 nitrogen and oxygen atoms in total. The smallest absolute Gasteiger partial charge is 0.328 e. The molecule has 1 unspecified atom stereocenters. The number of carbonyl (C=O) groups is 2. The largest absolute Gasteiger partial charge is 0.464 e. The molecule has 2 aliphatic rings. The molecule has 0 saturated carbocycles. The summed E-state index contributed by atoms with van der Waals surface area (Å²) in [5, 5.41) is 0.736. The van der Waals surface area contributed by atoms with E-state index in [1.165, 1.54) is 0 Å². The zero-order valence-electron chi connectivity index (χ0n) is 15.9. The lowest BCUT2D eigenvalue weighted by Gasteiger charge is -2.38. The number of piperazine rings is 1. The Bertz CT molecular complexity index is 662.